The fourth-order valence-electron chi connectivity index (χ4n) is 1.98. The van der Waals surface area contributed by atoms with Crippen molar-refractivity contribution in [1.82, 2.24) is 5.43 Å². The van der Waals surface area contributed by atoms with E-state index in [0.29, 0.717) is 5.56 Å². The van der Waals surface area contributed by atoms with Crippen LogP contribution in [0.2, 0.25) is 0 Å². The second kappa shape index (κ2) is 7.79. The SMILES string of the molecule is COc1ccc(C(=O)C=CC(=O)NNc2ccccc2)cc1C. The monoisotopic (exact) mass is 310 g/mol. The molecule has 0 bridgehead atoms. The molecule has 118 valence electrons. The van der Waals surface area contributed by atoms with Gasteiger partial charge in [0.2, 0.25) is 0 Å². The van der Waals surface area contributed by atoms with Crippen LogP contribution in [0.15, 0.2) is 60.7 Å². The number of amides is 1. The van der Waals surface area contributed by atoms with Gasteiger partial charge in [0.1, 0.15) is 5.75 Å². The van der Waals surface area contributed by atoms with Crippen LogP contribution in [0.1, 0.15) is 15.9 Å². The third-order valence-electron chi connectivity index (χ3n) is 3.17. The van der Waals surface area contributed by atoms with Gasteiger partial charge in [0.25, 0.3) is 5.91 Å². The Balaban J connectivity index is 1.92. The zero-order chi connectivity index (χ0) is 16.7. The minimum atomic E-state index is -0.410. The van der Waals surface area contributed by atoms with E-state index in [2.05, 4.69) is 10.9 Å². The maximum atomic E-state index is 12.0. The summed E-state index contributed by atoms with van der Waals surface area (Å²) in [5.41, 5.74) is 7.36. The van der Waals surface area contributed by atoms with Gasteiger partial charge in [-0.05, 0) is 48.9 Å². The Kier molecular flexibility index (Phi) is 5.52. The molecule has 0 saturated carbocycles. The lowest BCUT2D eigenvalue weighted by atomic mass is 10.1. The highest BCUT2D eigenvalue weighted by atomic mass is 16.5. The van der Waals surface area contributed by atoms with Crippen LogP contribution in [0.25, 0.3) is 0 Å². The van der Waals surface area contributed by atoms with Crippen molar-refractivity contribution in [1.29, 1.82) is 0 Å². The van der Waals surface area contributed by atoms with Crippen molar-refractivity contribution in [3.8, 4) is 5.75 Å². The largest absolute Gasteiger partial charge is 0.496 e. The Morgan fingerprint density at radius 1 is 1.04 bits per heavy atom. The molecule has 5 heteroatoms. The molecule has 2 aromatic carbocycles. The van der Waals surface area contributed by atoms with Crippen molar-refractivity contribution in [2.75, 3.05) is 12.5 Å². The number of aryl methyl sites for hydroxylation is 1. The van der Waals surface area contributed by atoms with Gasteiger partial charge in [-0.3, -0.25) is 20.4 Å². The molecule has 0 aliphatic carbocycles. The number of methoxy groups -OCH3 is 1. The van der Waals surface area contributed by atoms with E-state index < -0.39 is 5.91 Å². The zero-order valence-corrected chi connectivity index (χ0v) is 13.0. The summed E-state index contributed by atoms with van der Waals surface area (Å²) in [5.74, 6) is 0.0633. The highest BCUT2D eigenvalue weighted by molar-refractivity contribution is 6.07. The number of ether oxygens (including phenoxy) is 1. The summed E-state index contributed by atoms with van der Waals surface area (Å²) in [6, 6.07) is 14.3. The van der Waals surface area contributed by atoms with Crippen LogP contribution in [-0.4, -0.2) is 18.8 Å². The average molecular weight is 310 g/mol. The van der Waals surface area contributed by atoms with Gasteiger partial charge in [0, 0.05) is 11.6 Å². The number of ketones is 1. The summed E-state index contributed by atoms with van der Waals surface area (Å²) in [7, 11) is 1.58. The van der Waals surface area contributed by atoms with Crippen LogP contribution in [0.3, 0.4) is 0 Å². The summed E-state index contributed by atoms with van der Waals surface area (Å²) in [4.78, 5) is 23.7. The first-order chi connectivity index (χ1) is 11.1. The lowest BCUT2D eigenvalue weighted by molar-refractivity contribution is -0.116. The van der Waals surface area contributed by atoms with Crippen molar-refractivity contribution < 1.29 is 14.3 Å². The van der Waals surface area contributed by atoms with Gasteiger partial charge in [-0.25, -0.2) is 0 Å². The van der Waals surface area contributed by atoms with Gasteiger partial charge in [0.15, 0.2) is 5.78 Å². The van der Waals surface area contributed by atoms with Gasteiger partial charge >= 0.3 is 0 Å². The second-order valence-corrected chi connectivity index (χ2v) is 4.86. The Morgan fingerprint density at radius 3 is 2.43 bits per heavy atom. The third kappa shape index (κ3) is 4.71. The molecule has 0 heterocycles. The van der Waals surface area contributed by atoms with Crippen LogP contribution < -0.4 is 15.6 Å². The summed E-state index contributed by atoms with van der Waals surface area (Å²) >= 11 is 0. The molecule has 0 atom stereocenters. The summed E-state index contributed by atoms with van der Waals surface area (Å²) in [6.45, 7) is 1.86. The molecule has 0 aromatic heterocycles. The van der Waals surface area contributed by atoms with Crippen LogP contribution in [0, 0.1) is 6.92 Å². The minimum Gasteiger partial charge on any atom is -0.496 e. The number of carbonyl (C=O) groups is 2. The molecule has 0 unspecified atom stereocenters. The quantitative estimate of drug-likeness (QED) is 0.489. The maximum Gasteiger partial charge on any atom is 0.262 e. The molecule has 1 amide bonds. The predicted molar refractivity (Wildman–Crippen MR) is 89.4 cm³/mol. The molecule has 2 N–H and O–H groups in total. The van der Waals surface area contributed by atoms with Gasteiger partial charge < -0.3 is 4.74 Å². The number of para-hydroxylation sites is 1. The van der Waals surface area contributed by atoms with Crippen LogP contribution in [0.5, 0.6) is 5.75 Å². The van der Waals surface area contributed by atoms with Crippen LogP contribution in [0.4, 0.5) is 5.69 Å². The number of rotatable bonds is 6. The first-order valence-corrected chi connectivity index (χ1v) is 7.08. The van der Waals surface area contributed by atoms with E-state index in [0.717, 1.165) is 17.0 Å². The van der Waals surface area contributed by atoms with E-state index in [4.69, 9.17) is 4.74 Å². The molecule has 0 aliphatic rings. The Morgan fingerprint density at radius 2 is 1.78 bits per heavy atom. The van der Waals surface area contributed by atoms with E-state index in [1.54, 1.807) is 25.3 Å². The number of nitrogens with one attached hydrogen (secondary N) is 2. The van der Waals surface area contributed by atoms with Crippen molar-refractivity contribution in [3.05, 3.63) is 71.8 Å². The van der Waals surface area contributed by atoms with Crippen molar-refractivity contribution in [2.24, 2.45) is 0 Å². The summed E-state index contributed by atoms with van der Waals surface area (Å²) in [6.07, 6.45) is 2.43. The van der Waals surface area contributed by atoms with Crippen LogP contribution in [-0.2, 0) is 4.79 Å². The molecular formula is C18H18N2O3. The van der Waals surface area contributed by atoms with E-state index in [-0.39, 0.29) is 5.78 Å². The smallest absolute Gasteiger partial charge is 0.262 e. The number of allylic oxidation sites excluding steroid dienone is 1. The van der Waals surface area contributed by atoms with Gasteiger partial charge in [-0.1, -0.05) is 18.2 Å². The molecule has 5 nitrogen and oxygen atoms in total. The molecule has 23 heavy (non-hydrogen) atoms. The summed E-state index contributed by atoms with van der Waals surface area (Å²) in [5, 5.41) is 0. The highest BCUT2D eigenvalue weighted by Crippen LogP contribution is 2.18. The summed E-state index contributed by atoms with van der Waals surface area (Å²) < 4.78 is 5.15. The van der Waals surface area contributed by atoms with Crippen LogP contribution >= 0.6 is 0 Å². The van der Waals surface area contributed by atoms with E-state index in [1.807, 2.05) is 37.3 Å². The Bertz CT molecular complexity index is 724. The molecule has 0 spiro atoms. The predicted octanol–water partition coefficient (Wildman–Crippen LogP) is 2.89. The van der Waals surface area contributed by atoms with Gasteiger partial charge in [-0.15, -0.1) is 0 Å². The molecule has 2 aromatic rings. The van der Waals surface area contributed by atoms with E-state index in [9.17, 15) is 9.59 Å². The minimum absolute atomic E-state index is 0.245. The number of carbonyl (C=O) groups excluding carboxylic acids is 2. The zero-order valence-electron chi connectivity index (χ0n) is 13.0. The number of hydrazine groups is 1. The highest BCUT2D eigenvalue weighted by Gasteiger charge is 2.06. The third-order valence-corrected chi connectivity index (χ3v) is 3.17. The lowest BCUT2D eigenvalue weighted by Gasteiger charge is -2.06. The fraction of sp³-hybridized carbons (Fsp3) is 0.111. The topological polar surface area (TPSA) is 67.4 Å². The molecular weight excluding hydrogens is 292 g/mol. The van der Waals surface area contributed by atoms with E-state index >= 15 is 0 Å². The standard InChI is InChI=1S/C18H18N2O3/c1-13-12-14(8-10-17(13)23-2)16(21)9-11-18(22)20-19-15-6-4-3-5-7-15/h3-12,19H,1-2H3,(H,20,22). The number of hydrogen-bond acceptors (Lipinski definition) is 4. The molecule has 0 aliphatic heterocycles. The molecule has 0 radical (unpaired) electrons. The first-order valence-electron chi connectivity index (χ1n) is 7.08. The van der Waals surface area contributed by atoms with Crippen molar-refractivity contribution >= 4 is 17.4 Å². The number of hydrogen-bond donors (Lipinski definition) is 2. The second-order valence-electron chi connectivity index (χ2n) is 4.86. The number of benzene rings is 2. The fourth-order valence-corrected chi connectivity index (χ4v) is 1.98. The molecule has 2 rings (SSSR count). The van der Waals surface area contributed by atoms with Crippen molar-refractivity contribution in [2.45, 2.75) is 6.92 Å². The normalized spacial score (nSPS) is 10.3. The molecule has 0 saturated heterocycles. The first kappa shape index (κ1) is 16.3. The van der Waals surface area contributed by atoms with Crippen molar-refractivity contribution in [3.63, 3.8) is 0 Å². The Labute approximate surface area is 134 Å². The number of anilines is 1. The average Bonchev–Trinajstić information content (AvgIpc) is 2.58. The Hall–Kier alpha value is -3.08. The molecule has 0 fully saturated rings. The maximum absolute atomic E-state index is 12.0. The van der Waals surface area contributed by atoms with Gasteiger partial charge in [-0.2, -0.15) is 0 Å². The van der Waals surface area contributed by atoms with E-state index in [1.165, 1.54) is 12.2 Å². The lowest BCUT2D eigenvalue weighted by Crippen LogP contribution is -2.27. The van der Waals surface area contributed by atoms with Gasteiger partial charge in [0.05, 0.1) is 12.8 Å².